The van der Waals surface area contributed by atoms with Gasteiger partial charge < -0.3 is 5.32 Å². The van der Waals surface area contributed by atoms with E-state index in [4.69, 9.17) is 0 Å². The monoisotopic (exact) mass is 402 g/mol. The van der Waals surface area contributed by atoms with Crippen LogP contribution in [-0.4, -0.2) is 27.6 Å². The Morgan fingerprint density at radius 3 is 2.55 bits per heavy atom. The Kier molecular flexibility index (Phi) is 5.12. The fourth-order valence-electron chi connectivity index (χ4n) is 4.17. The van der Waals surface area contributed by atoms with Gasteiger partial charge in [0, 0.05) is 18.0 Å². The second-order valence-corrected chi connectivity index (χ2v) is 7.34. The van der Waals surface area contributed by atoms with Crippen molar-refractivity contribution >= 4 is 11.2 Å². The molecular weight excluding hydrogens is 381 g/mol. The van der Waals surface area contributed by atoms with E-state index in [-0.39, 0.29) is 23.6 Å². The van der Waals surface area contributed by atoms with E-state index in [2.05, 4.69) is 15.3 Å². The van der Waals surface area contributed by atoms with Gasteiger partial charge in [-0.05, 0) is 56.0 Å². The summed E-state index contributed by atoms with van der Waals surface area (Å²) in [6, 6.07) is 5.34. The van der Waals surface area contributed by atoms with Crippen molar-refractivity contribution in [2.75, 3.05) is 13.1 Å². The zero-order valence-electron chi connectivity index (χ0n) is 16.0. The number of benzene rings is 1. The molecule has 0 spiro atoms. The maximum absolute atomic E-state index is 13.5. The summed E-state index contributed by atoms with van der Waals surface area (Å²) in [7, 11) is 0. The van der Waals surface area contributed by atoms with E-state index in [1.807, 2.05) is 6.92 Å². The third-order valence-corrected chi connectivity index (χ3v) is 5.57. The lowest BCUT2D eigenvalue weighted by Gasteiger charge is -2.25. The molecule has 0 radical (unpaired) electrons. The first-order chi connectivity index (χ1) is 13.9. The van der Waals surface area contributed by atoms with Gasteiger partial charge >= 0.3 is 6.18 Å². The Hall–Kier alpha value is -2.74. The summed E-state index contributed by atoms with van der Waals surface area (Å²) >= 11 is 0. The van der Waals surface area contributed by atoms with E-state index in [0.29, 0.717) is 16.7 Å². The third kappa shape index (κ3) is 3.64. The van der Waals surface area contributed by atoms with Crippen LogP contribution in [0, 0.1) is 6.92 Å². The molecule has 1 saturated heterocycles. The van der Waals surface area contributed by atoms with Crippen molar-refractivity contribution < 1.29 is 13.2 Å². The van der Waals surface area contributed by atoms with Crippen LogP contribution in [0.25, 0.3) is 11.2 Å². The van der Waals surface area contributed by atoms with Crippen molar-refractivity contribution in [2.24, 2.45) is 0 Å². The van der Waals surface area contributed by atoms with Crippen molar-refractivity contribution in [3.05, 3.63) is 69.3 Å². The van der Waals surface area contributed by atoms with Gasteiger partial charge in [-0.25, -0.2) is 4.98 Å². The van der Waals surface area contributed by atoms with Crippen molar-refractivity contribution in [1.29, 1.82) is 0 Å². The summed E-state index contributed by atoms with van der Waals surface area (Å²) < 4.78 is 41.8. The lowest BCUT2D eigenvalue weighted by Crippen LogP contribution is -2.34. The zero-order chi connectivity index (χ0) is 20.6. The van der Waals surface area contributed by atoms with E-state index >= 15 is 0 Å². The molecule has 1 aliphatic heterocycles. The van der Waals surface area contributed by atoms with Crippen molar-refractivity contribution in [2.45, 2.75) is 38.4 Å². The summed E-state index contributed by atoms with van der Waals surface area (Å²) in [4.78, 5) is 22.1. The highest BCUT2D eigenvalue weighted by Gasteiger charge is 2.33. The number of alkyl halides is 3. The van der Waals surface area contributed by atoms with Gasteiger partial charge in [-0.15, -0.1) is 0 Å². The SMILES string of the molecule is Cc1c(C2CCNCC2)c(=O)n(Cc2ccccc2C(F)(F)F)c2nccnc12. The van der Waals surface area contributed by atoms with E-state index < -0.39 is 11.7 Å². The Morgan fingerprint density at radius 2 is 1.83 bits per heavy atom. The molecule has 8 heteroatoms. The summed E-state index contributed by atoms with van der Waals surface area (Å²) in [5.41, 5.74) is 1.30. The Bertz CT molecular complexity index is 1100. The molecule has 0 bridgehead atoms. The highest BCUT2D eigenvalue weighted by atomic mass is 19.4. The molecule has 0 saturated carbocycles. The van der Waals surface area contributed by atoms with Crippen LogP contribution in [0.15, 0.2) is 41.5 Å². The van der Waals surface area contributed by atoms with Crippen molar-refractivity contribution in [1.82, 2.24) is 19.9 Å². The number of pyridine rings is 1. The number of aromatic nitrogens is 3. The Morgan fingerprint density at radius 1 is 1.14 bits per heavy atom. The quantitative estimate of drug-likeness (QED) is 0.727. The number of rotatable bonds is 3. The third-order valence-electron chi connectivity index (χ3n) is 5.57. The summed E-state index contributed by atoms with van der Waals surface area (Å²) in [6.45, 7) is 3.25. The van der Waals surface area contributed by atoms with Crippen molar-refractivity contribution in [3.8, 4) is 0 Å². The average Bonchev–Trinajstić information content (AvgIpc) is 2.72. The van der Waals surface area contributed by atoms with Gasteiger partial charge in [0.05, 0.1) is 12.1 Å². The minimum atomic E-state index is -4.50. The molecule has 1 aliphatic rings. The van der Waals surface area contributed by atoms with Gasteiger partial charge in [0.25, 0.3) is 5.56 Å². The maximum Gasteiger partial charge on any atom is 0.416 e. The summed E-state index contributed by atoms with van der Waals surface area (Å²) in [6.07, 6.45) is 0.115. The predicted octanol–water partition coefficient (Wildman–Crippen LogP) is 3.63. The number of nitrogens with zero attached hydrogens (tertiary/aromatic N) is 3. The van der Waals surface area contributed by atoms with E-state index in [1.54, 1.807) is 12.3 Å². The largest absolute Gasteiger partial charge is 0.416 e. The van der Waals surface area contributed by atoms with Gasteiger partial charge in [-0.2, -0.15) is 13.2 Å². The van der Waals surface area contributed by atoms with Crippen LogP contribution in [0.4, 0.5) is 13.2 Å². The van der Waals surface area contributed by atoms with Crippen LogP contribution in [0.1, 0.15) is 41.0 Å². The molecule has 0 aliphatic carbocycles. The Balaban J connectivity index is 1.92. The number of piperidine rings is 1. The van der Waals surface area contributed by atoms with Crippen LogP contribution in [-0.2, 0) is 12.7 Å². The van der Waals surface area contributed by atoms with Crippen LogP contribution in [0.5, 0.6) is 0 Å². The normalized spacial score (nSPS) is 15.7. The standard InChI is InChI=1S/C21H21F3N4O/c1-13-17(14-6-8-25-9-7-14)20(29)28(19-18(13)26-10-11-27-19)12-15-4-2-3-5-16(15)21(22,23)24/h2-5,10-11,14,25H,6-9,12H2,1H3. The first-order valence-electron chi connectivity index (χ1n) is 9.57. The van der Waals surface area contributed by atoms with E-state index in [1.165, 1.54) is 22.9 Å². The fourth-order valence-corrected chi connectivity index (χ4v) is 4.17. The lowest BCUT2D eigenvalue weighted by atomic mass is 9.88. The van der Waals surface area contributed by atoms with Gasteiger partial charge in [0.15, 0.2) is 5.65 Å². The van der Waals surface area contributed by atoms with Crippen LogP contribution in [0.3, 0.4) is 0 Å². The minimum Gasteiger partial charge on any atom is -0.317 e. The highest BCUT2D eigenvalue weighted by molar-refractivity contribution is 5.75. The average molecular weight is 402 g/mol. The van der Waals surface area contributed by atoms with Gasteiger partial charge in [-0.1, -0.05) is 18.2 Å². The molecule has 1 fully saturated rings. The summed E-state index contributed by atoms with van der Waals surface area (Å²) in [5.74, 6) is 0.0549. The molecule has 29 heavy (non-hydrogen) atoms. The topological polar surface area (TPSA) is 59.8 Å². The molecule has 0 amide bonds. The molecular formula is C21H21F3N4O. The number of nitrogens with one attached hydrogen (secondary N) is 1. The number of aryl methyl sites for hydroxylation is 1. The lowest BCUT2D eigenvalue weighted by molar-refractivity contribution is -0.138. The second-order valence-electron chi connectivity index (χ2n) is 7.34. The van der Waals surface area contributed by atoms with Gasteiger partial charge in [0.1, 0.15) is 5.52 Å². The maximum atomic E-state index is 13.5. The molecule has 0 atom stereocenters. The predicted molar refractivity (Wildman–Crippen MR) is 104 cm³/mol. The molecule has 4 rings (SSSR count). The van der Waals surface area contributed by atoms with Crippen LogP contribution >= 0.6 is 0 Å². The highest BCUT2D eigenvalue weighted by Crippen LogP contribution is 2.33. The first-order valence-corrected chi connectivity index (χ1v) is 9.57. The molecule has 1 aromatic carbocycles. The summed E-state index contributed by atoms with van der Waals surface area (Å²) in [5, 5.41) is 3.28. The molecule has 5 nitrogen and oxygen atoms in total. The molecule has 152 valence electrons. The first kappa shape index (κ1) is 19.6. The number of fused-ring (bicyclic) bond motifs is 1. The van der Waals surface area contributed by atoms with E-state index in [9.17, 15) is 18.0 Å². The smallest absolute Gasteiger partial charge is 0.317 e. The number of halogens is 3. The minimum absolute atomic E-state index is 0.0363. The molecule has 3 heterocycles. The number of hydrogen-bond acceptors (Lipinski definition) is 4. The molecule has 2 aromatic heterocycles. The van der Waals surface area contributed by atoms with E-state index in [0.717, 1.165) is 37.6 Å². The van der Waals surface area contributed by atoms with Crippen LogP contribution in [0.2, 0.25) is 0 Å². The molecule has 0 unspecified atom stereocenters. The van der Waals surface area contributed by atoms with Crippen molar-refractivity contribution in [3.63, 3.8) is 0 Å². The van der Waals surface area contributed by atoms with Crippen LogP contribution < -0.4 is 10.9 Å². The second kappa shape index (κ2) is 7.59. The fraction of sp³-hybridized carbons (Fsp3) is 0.381. The van der Waals surface area contributed by atoms with Gasteiger partial charge in [0.2, 0.25) is 0 Å². The molecule has 3 aromatic rings. The molecule has 1 N–H and O–H groups in total. The van der Waals surface area contributed by atoms with Gasteiger partial charge in [-0.3, -0.25) is 14.3 Å². The number of hydrogen-bond donors (Lipinski definition) is 1. The Labute approximate surface area is 165 Å². The zero-order valence-corrected chi connectivity index (χ0v) is 16.0.